The van der Waals surface area contributed by atoms with Gasteiger partial charge in [0, 0.05) is 31.9 Å². The quantitative estimate of drug-likeness (QED) is 0.480. The molecule has 206 valence electrons. The van der Waals surface area contributed by atoms with Crippen molar-refractivity contribution < 1.29 is 35.9 Å². The van der Waals surface area contributed by atoms with Crippen molar-refractivity contribution in [1.29, 1.82) is 0 Å². The molecule has 1 N–H and O–H groups in total. The molecule has 0 saturated carbocycles. The van der Waals surface area contributed by atoms with Gasteiger partial charge in [-0.3, -0.25) is 4.79 Å². The predicted molar refractivity (Wildman–Crippen MR) is 139 cm³/mol. The third-order valence-electron chi connectivity index (χ3n) is 6.35. The minimum absolute atomic E-state index is 0.00502. The minimum Gasteiger partial charge on any atom is -0.452 e. The number of rotatable bonds is 8. The van der Waals surface area contributed by atoms with Crippen LogP contribution in [0.1, 0.15) is 36.0 Å². The van der Waals surface area contributed by atoms with Crippen molar-refractivity contribution in [1.82, 2.24) is 8.61 Å². The van der Waals surface area contributed by atoms with Crippen molar-refractivity contribution >= 4 is 37.6 Å². The summed E-state index contributed by atoms with van der Waals surface area (Å²) in [5.74, 6) is -1.46. The number of amides is 1. The number of nitrogens with zero attached hydrogens (tertiary/aromatic N) is 2. The fraction of sp³-hybridized carbons (Fsp3) is 0.440. The lowest BCUT2D eigenvalue weighted by atomic mass is 10.2. The molecule has 2 aliphatic rings. The van der Waals surface area contributed by atoms with Crippen molar-refractivity contribution in [3.05, 3.63) is 54.1 Å². The Morgan fingerprint density at radius 3 is 2.05 bits per heavy atom. The van der Waals surface area contributed by atoms with E-state index >= 15 is 0 Å². The number of carbonyl (C=O) groups excluding carboxylic acids is 2. The van der Waals surface area contributed by atoms with Crippen LogP contribution in [0.2, 0.25) is 0 Å². The first-order chi connectivity index (χ1) is 18.2. The van der Waals surface area contributed by atoms with E-state index in [0.717, 1.165) is 25.7 Å². The number of hydrogen-bond acceptors (Lipinski definition) is 8. The van der Waals surface area contributed by atoms with Gasteiger partial charge in [-0.1, -0.05) is 18.9 Å². The SMILES string of the molecule is O=C(COC(=O)c1cccc(S(=O)(=O)N2CCCCCC2)c1)Nc1ccc(S(=O)(=O)N2CCOCC2)cc1. The van der Waals surface area contributed by atoms with E-state index in [4.69, 9.17) is 9.47 Å². The lowest BCUT2D eigenvalue weighted by Gasteiger charge is -2.26. The highest BCUT2D eigenvalue weighted by Crippen LogP contribution is 2.22. The van der Waals surface area contributed by atoms with E-state index in [9.17, 15) is 26.4 Å². The number of morpholine rings is 1. The number of anilines is 1. The van der Waals surface area contributed by atoms with Gasteiger partial charge in [0.2, 0.25) is 20.0 Å². The molecule has 38 heavy (non-hydrogen) atoms. The zero-order valence-electron chi connectivity index (χ0n) is 20.9. The van der Waals surface area contributed by atoms with Gasteiger partial charge in [-0.15, -0.1) is 0 Å². The van der Waals surface area contributed by atoms with Crippen LogP contribution >= 0.6 is 0 Å². The van der Waals surface area contributed by atoms with Crippen LogP contribution in [0.5, 0.6) is 0 Å². The number of ether oxygens (including phenoxy) is 2. The standard InChI is InChI=1S/C25H31N3O8S2/c29-24(26-21-8-10-22(11-9-21)37(31,32)28-14-16-35-17-15-28)19-36-25(30)20-6-5-7-23(18-20)38(33,34)27-12-3-1-2-4-13-27/h5-11,18H,1-4,12-17,19H2,(H,26,29). The maximum Gasteiger partial charge on any atom is 0.338 e. The van der Waals surface area contributed by atoms with E-state index in [2.05, 4.69) is 5.32 Å². The molecule has 2 fully saturated rings. The Labute approximate surface area is 222 Å². The third-order valence-corrected chi connectivity index (χ3v) is 10.2. The Morgan fingerprint density at radius 1 is 0.789 bits per heavy atom. The highest BCUT2D eigenvalue weighted by atomic mass is 32.2. The van der Waals surface area contributed by atoms with E-state index in [1.54, 1.807) is 0 Å². The van der Waals surface area contributed by atoms with Crippen molar-refractivity contribution in [3.8, 4) is 0 Å². The van der Waals surface area contributed by atoms with E-state index in [-0.39, 0.29) is 28.4 Å². The van der Waals surface area contributed by atoms with Gasteiger partial charge < -0.3 is 14.8 Å². The summed E-state index contributed by atoms with van der Waals surface area (Å²) in [5, 5.41) is 2.54. The topological polar surface area (TPSA) is 139 Å². The summed E-state index contributed by atoms with van der Waals surface area (Å²) in [6.45, 7) is 1.51. The van der Waals surface area contributed by atoms with Gasteiger partial charge >= 0.3 is 5.97 Å². The number of esters is 1. The van der Waals surface area contributed by atoms with Gasteiger partial charge in [-0.05, 0) is 55.3 Å². The fourth-order valence-corrected chi connectivity index (χ4v) is 7.24. The Bertz CT molecular complexity index is 1350. The molecule has 1 amide bonds. The molecule has 2 saturated heterocycles. The molecule has 2 aromatic carbocycles. The van der Waals surface area contributed by atoms with Crippen molar-refractivity contribution in [3.63, 3.8) is 0 Å². The van der Waals surface area contributed by atoms with E-state index in [1.165, 1.54) is 57.1 Å². The zero-order chi connectivity index (χ0) is 27.2. The number of nitrogens with one attached hydrogen (secondary N) is 1. The molecule has 0 bridgehead atoms. The van der Waals surface area contributed by atoms with Gasteiger partial charge in [0.05, 0.1) is 28.6 Å². The molecule has 2 heterocycles. The van der Waals surface area contributed by atoms with Crippen LogP contribution in [0, 0.1) is 0 Å². The largest absolute Gasteiger partial charge is 0.452 e. The zero-order valence-corrected chi connectivity index (χ0v) is 22.5. The first kappa shape index (κ1) is 28.2. The second kappa shape index (κ2) is 12.3. The molecule has 0 aliphatic carbocycles. The average Bonchev–Trinajstić information content (AvgIpc) is 3.23. The van der Waals surface area contributed by atoms with Crippen LogP contribution in [0.15, 0.2) is 58.3 Å². The smallest absolute Gasteiger partial charge is 0.338 e. The second-order valence-corrected chi connectivity index (χ2v) is 12.9. The van der Waals surface area contributed by atoms with Gasteiger partial charge in [0.25, 0.3) is 5.91 Å². The summed E-state index contributed by atoms with van der Waals surface area (Å²) in [6.07, 6.45) is 3.56. The van der Waals surface area contributed by atoms with Crippen LogP contribution in [-0.4, -0.2) is 83.3 Å². The lowest BCUT2D eigenvalue weighted by Crippen LogP contribution is -2.40. The highest BCUT2D eigenvalue weighted by molar-refractivity contribution is 7.89. The van der Waals surface area contributed by atoms with Crippen molar-refractivity contribution in [2.45, 2.75) is 35.5 Å². The molecule has 4 rings (SSSR count). The average molecular weight is 566 g/mol. The van der Waals surface area contributed by atoms with Gasteiger partial charge in [-0.25, -0.2) is 21.6 Å². The number of carbonyl (C=O) groups is 2. The predicted octanol–water partition coefficient (Wildman–Crippen LogP) is 2.07. The number of hydrogen-bond donors (Lipinski definition) is 1. The van der Waals surface area contributed by atoms with Crippen LogP contribution in [0.4, 0.5) is 5.69 Å². The van der Waals surface area contributed by atoms with Crippen LogP contribution in [0.3, 0.4) is 0 Å². The molecule has 0 atom stereocenters. The van der Waals surface area contributed by atoms with Crippen molar-refractivity contribution in [2.75, 3.05) is 51.3 Å². The van der Waals surface area contributed by atoms with Crippen LogP contribution in [0.25, 0.3) is 0 Å². The molecule has 11 nitrogen and oxygen atoms in total. The molecule has 2 aromatic rings. The molecular weight excluding hydrogens is 534 g/mol. The van der Waals surface area contributed by atoms with Gasteiger partial charge in [0.1, 0.15) is 0 Å². The Kier molecular flexibility index (Phi) is 9.15. The molecule has 0 radical (unpaired) electrons. The summed E-state index contributed by atoms with van der Waals surface area (Å²) in [7, 11) is -7.40. The summed E-state index contributed by atoms with van der Waals surface area (Å²) >= 11 is 0. The van der Waals surface area contributed by atoms with Gasteiger partial charge in [-0.2, -0.15) is 8.61 Å². The minimum atomic E-state index is -3.74. The van der Waals surface area contributed by atoms with Crippen LogP contribution < -0.4 is 5.32 Å². The molecule has 0 aromatic heterocycles. The molecule has 0 spiro atoms. The third kappa shape index (κ3) is 6.77. The maximum atomic E-state index is 13.0. The molecular formula is C25H31N3O8S2. The van der Waals surface area contributed by atoms with E-state index in [0.29, 0.717) is 32.0 Å². The van der Waals surface area contributed by atoms with Crippen molar-refractivity contribution in [2.24, 2.45) is 0 Å². The first-order valence-electron chi connectivity index (χ1n) is 12.4. The highest BCUT2D eigenvalue weighted by Gasteiger charge is 2.27. The summed E-state index contributed by atoms with van der Waals surface area (Å²) < 4.78 is 64.5. The first-order valence-corrected chi connectivity index (χ1v) is 15.3. The Hall–Kier alpha value is -2.84. The van der Waals surface area contributed by atoms with Crippen LogP contribution in [-0.2, 0) is 34.3 Å². The molecule has 13 heteroatoms. The Morgan fingerprint density at radius 2 is 1.39 bits per heavy atom. The summed E-state index contributed by atoms with van der Waals surface area (Å²) in [5.41, 5.74) is 0.351. The number of benzene rings is 2. The second-order valence-electron chi connectivity index (χ2n) is 9.01. The van der Waals surface area contributed by atoms with Gasteiger partial charge in [0.15, 0.2) is 6.61 Å². The number of sulfonamides is 2. The maximum absolute atomic E-state index is 13.0. The van der Waals surface area contributed by atoms with E-state index in [1.807, 2.05) is 0 Å². The molecule has 2 aliphatic heterocycles. The fourth-order valence-electron chi connectivity index (χ4n) is 4.27. The normalized spacial score (nSPS) is 17.9. The monoisotopic (exact) mass is 565 g/mol. The Balaban J connectivity index is 1.33. The van der Waals surface area contributed by atoms with E-state index < -0.39 is 38.5 Å². The lowest BCUT2D eigenvalue weighted by molar-refractivity contribution is -0.119. The summed E-state index contributed by atoms with van der Waals surface area (Å²) in [4.78, 5) is 24.9. The molecule has 0 unspecified atom stereocenters. The summed E-state index contributed by atoms with van der Waals surface area (Å²) in [6, 6.07) is 11.3.